The fourth-order valence-corrected chi connectivity index (χ4v) is 4.36. The van der Waals surface area contributed by atoms with Gasteiger partial charge in [0.2, 0.25) is 0 Å². The van der Waals surface area contributed by atoms with Crippen molar-refractivity contribution in [2.45, 2.75) is 25.0 Å². The smallest absolute Gasteiger partial charge is 0.170 e. The van der Waals surface area contributed by atoms with Gasteiger partial charge in [0.05, 0.1) is 30.0 Å². The Bertz CT molecular complexity index is 956. The van der Waals surface area contributed by atoms with Crippen LogP contribution in [-0.4, -0.2) is 56.6 Å². The molecule has 7 heteroatoms. The van der Waals surface area contributed by atoms with E-state index in [9.17, 15) is 0 Å². The predicted molar refractivity (Wildman–Crippen MR) is 123 cm³/mol. The molecule has 1 saturated heterocycles. The molecule has 156 valence electrons. The molecular weight excluding hydrogens is 392 g/mol. The number of hydrogen-bond donors (Lipinski definition) is 1. The standard InChI is InChI=1S/C23H28N6S/c1-27(2)14-8-16-29-22(21(26-23(29)30)19-10-4-6-13-25-19)20-11-7-15-28(20)17-18-9-3-5-12-24-18/h3-7,9-13,15,21-22H,8,14,16-17H2,1-2H3,(H,26,30). The summed E-state index contributed by atoms with van der Waals surface area (Å²) in [6, 6.07) is 16.5. The zero-order valence-electron chi connectivity index (χ0n) is 17.5. The van der Waals surface area contributed by atoms with Gasteiger partial charge in [-0.25, -0.2) is 0 Å². The van der Waals surface area contributed by atoms with Crippen LogP contribution in [0.25, 0.3) is 0 Å². The maximum absolute atomic E-state index is 5.77. The van der Waals surface area contributed by atoms with E-state index in [-0.39, 0.29) is 12.1 Å². The largest absolute Gasteiger partial charge is 0.352 e. The van der Waals surface area contributed by atoms with Crippen LogP contribution in [0.4, 0.5) is 0 Å². The highest BCUT2D eigenvalue weighted by molar-refractivity contribution is 7.80. The van der Waals surface area contributed by atoms with E-state index in [2.05, 4.69) is 74.2 Å². The third kappa shape index (κ3) is 4.52. The van der Waals surface area contributed by atoms with Gasteiger partial charge in [-0.3, -0.25) is 9.97 Å². The number of thiocarbonyl (C=S) groups is 1. The van der Waals surface area contributed by atoms with Crippen LogP contribution in [0.15, 0.2) is 67.1 Å². The lowest BCUT2D eigenvalue weighted by Gasteiger charge is -2.29. The minimum Gasteiger partial charge on any atom is -0.352 e. The van der Waals surface area contributed by atoms with Crippen LogP contribution in [0.3, 0.4) is 0 Å². The van der Waals surface area contributed by atoms with Crippen molar-refractivity contribution in [1.29, 1.82) is 0 Å². The molecule has 0 amide bonds. The van der Waals surface area contributed by atoms with Crippen molar-refractivity contribution in [3.8, 4) is 0 Å². The lowest BCUT2D eigenvalue weighted by atomic mass is 10.0. The highest BCUT2D eigenvalue weighted by Gasteiger charge is 2.40. The Morgan fingerprint density at radius 1 is 1.03 bits per heavy atom. The molecule has 1 aliphatic rings. The van der Waals surface area contributed by atoms with Gasteiger partial charge in [0, 0.05) is 30.8 Å². The summed E-state index contributed by atoms with van der Waals surface area (Å²) in [7, 11) is 4.21. The van der Waals surface area contributed by atoms with Gasteiger partial charge >= 0.3 is 0 Å². The molecule has 30 heavy (non-hydrogen) atoms. The van der Waals surface area contributed by atoms with E-state index < -0.39 is 0 Å². The van der Waals surface area contributed by atoms with Gasteiger partial charge in [-0.05, 0) is 75.7 Å². The Balaban J connectivity index is 1.66. The fraction of sp³-hybridized carbons (Fsp3) is 0.348. The van der Waals surface area contributed by atoms with Crippen molar-refractivity contribution >= 4 is 17.3 Å². The molecule has 1 aliphatic heterocycles. The molecule has 2 atom stereocenters. The Labute approximate surface area is 183 Å². The number of hydrogen-bond acceptors (Lipinski definition) is 4. The Hall–Kier alpha value is -2.77. The second-order valence-electron chi connectivity index (χ2n) is 7.86. The van der Waals surface area contributed by atoms with Gasteiger partial charge in [-0.2, -0.15) is 0 Å². The summed E-state index contributed by atoms with van der Waals surface area (Å²) < 4.78 is 2.28. The predicted octanol–water partition coefficient (Wildman–Crippen LogP) is 3.25. The van der Waals surface area contributed by atoms with Crippen molar-refractivity contribution in [2.24, 2.45) is 0 Å². The average Bonchev–Trinajstić information content (AvgIpc) is 3.33. The SMILES string of the molecule is CN(C)CCCN1C(=S)NC(c2ccccn2)C1c1cccn1Cc1ccccn1. The summed E-state index contributed by atoms with van der Waals surface area (Å²) in [5.74, 6) is 0. The fourth-order valence-electron chi connectivity index (χ4n) is 4.03. The summed E-state index contributed by atoms with van der Waals surface area (Å²) in [5, 5.41) is 4.33. The lowest BCUT2D eigenvalue weighted by Crippen LogP contribution is -2.33. The van der Waals surface area contributed by atoms with Crippen LogP contribution in [0.5, 0.6) is 0 Å². The van der Waals surface area contributed by atoms with E-state index in [1.54, 1.807) is 0 Å². The van der Waals surface area contributed by atoms with E-state index >= 15 is 0 Å². The van der Waals surface area contributed by atoms with Crippen molar-refractivity contribution in [3.05, 3.63) is 84.2 Å². The monoisotopic (exact) mass is 420 g/mol. The van der Waals surface area contributed by atoms with Crippen LogP contribution < -0.4 is 5.32 Å². The molecule has 3 aromatic heterocycles. The quantitative estimate of drug-likeness (QED) is 0.565. The summed E-state index contributed by atoms with van der Waals surface area (Å²) in [6.45, 7) is 2.65. The molecule has 0 bridgehead atoms. The Morgan fingerprint density at radius 3 is 2.53 bits per heavy atom. The normalized spacial score (nSPS) is 18.8. The van der Waals surface area contributed by atoms with Crippen molar-refractivity contribution in [3.63, 3.8) is 0 Å². The van der Waals surface area contributed by atoms with Crippen LogP contribution in [0.2, 0.25) is 0 Å². The molecule has 3 aromatic rings. The molecule has 6 nitrogen and oxygen atoms in total. The first-order valence-electron chi connectivity index (χ1n) is 10.3. The third-order valence-corrected chi connectivity index (χ3v) is 5.78. The molecule has 2 unspecified atom stereocenters. The summed E-state index contributed by atoms with van der Waals surface area (Å²) in [6.07, 6.45) is 6.85. The molecule has 1 N–H and O–H groups in total. The summed E-state index contributed by atoms with van der Waals surface area (Å²) >= 11 is 5.77. The highest BCUT2D eigenvalue weighted by Crippen LogP contribution is 2.38. The first-order valence-corrected chi connectivity index (χ1v) is 10.7. The Morgan fingerprint density at radius 2 is 1.83 bits per heavy atom. The molecule has 0 aliphatic carbocycles. The van der Waals surface area contributed by atoms with E-state index in [0.29, 0.717) is 0 Å². The van der Waals surface area contributed by atoms with E-state index in [4.69, 9.17) is 12.2 Å². The molecule has 0 spiro atoms. The molecule has 4 heterocycles. The van der Waals surface area contributed by atoms with Gasteiger partial charge < -0.3 is 19.7 Å². The number of aromatic nitrogens is 3. The minimum atomic E-state index is 0.00967. The van der Waals surface area contributed by atoms with Gasteiger partial charge in [-0.1, -0.05) is 12.1 Å². The zero-order valence-corrected chi connectivity index (χ0v) is 18.3. The summed E-state index contributed by atoms with van der Waals surface area (Å²) in [4.78, 5) is 13.7. The first kappa shape index (κ1) is 20.5. The third-order valence-electron chi connectivity index (χ3n) is 5.43. The van der Waals surface area contributed by atoms with Crippen LogP contribution >= 0.6 is 12.2 Å². The molecular formula is C23H28N6S. The second-order valence-corrected chi connectivity index (χ2v) is 8.25. The van der Waals surface area contributed by atoms with Gasteiger partial charge in [0.25, 0.3) is 0 Å². The van der Waals surface area contributed by atoms with Crippen LogP contribution in [0, 0.1) is 0 Å². The summed E-state index contributed by atoms with van der Waals surface area (Å²) in [5.41, 5.74) is 3.26. The highest BCUT2D eigenvalue weighted by atomic mass is 32.1. The second kappa shape index (κ2) is 9.36. The van der Waals surface area contributed by atoms with Gasteiger partial charge in [-0.15, -0.1) is 0 Å². The topological polar surface area (TPSA) is 49.2 Å². The number of pyridine rings is 2. The molecule has 1 fully saturated rings. The van der Waals surface area contributed by atoms with E-state index in [1.165, 1.54) is 5.69 Å². The number of nitrogens with zero attached hydrogens (tertiary/aromatic N) is 5. The average molecular weight is 421 g/mol. The number of nitrogens with one attached hydrogen (secondary N) is 1. The van der Waals surface area contributed by atoms with E-state index in [1.807, 2.05) is 36.7 Å². The van der Waals surface area contributed by atoms with Crippen LogP contribution in [-0.2, 0) is 6.54 Å². The molecule has 0 aromatic carbocycles. The Kier molecular flexibility index (Phi) is 6.40. The van der Waals surface area contributed by atoms with Crippen molar-refractivity contribution in [1.82, 2.24) is 29.7 Å². The number of rotatable bonds is 8. The maximum Gasteiger partial charge on any atom is 0.170 e. The van der Waals surface area contributed by atoms with Crippen molar-refractivity contribution < 1.29 is 0 Å². The van der Waals surface area contributed by atoms with Gasteiger partial charge in [0.15, 0.2) is 5.11 Å². The van der Waals surface area contributed by atoms with E-state index in [0.717, 1.165) is 42.6 Å². The van der Waals surface area contributed by atoms with Gasteiger partial charge in [0.1, 0.15) is 0 Å². The first-order chi connectivity index (χ1) is 14.6. The van der Waals surface area contributed by atoms with Crippen LogP contribution in [0.1, 0.15) is 35.6 Å². The molecule has 4 rings (SSSR count). The minimum absolute atomic E-state index is 0.00967. The zero-order chi connectivity index (χ0) is 20.9. The molecule has 0 saturated carbocycles. The lowest BCUT2D eigenvalue weighted by molar-refractivity contribution is 0.283. The molecule has 0 radical (unpaired) electrons. The maximum atomic E-state index is 5.77. The van der Waals surface area contributed by atoms with Crippen molar-refractivity contribution in [2.75, 3.05) is 27.2 Å².